The molecule has 0 fully saturated rings. The lowest BCUT2D eigenvalue weighted by molar-refractivity contribution is -0.133. The number of hydrogen-bond donors (Lipinski definition) is 1. The van der Waals surface area contributed by atoms with E-state index in [2.05, 4.69) is 5.32 Å². The highest BCUT2D eigenvalue weighted by Crippen LogP contribution is 2.21. The smallest absolute Gasteiger partial charge is 0.246 e. The molecule has 0 unspecified atom stereocenters. The van der Waals surface area contributed by atoms with Crippen molar-refractivity contribution in [2.24, 2.45) is 5.41 Å². The van der Waals surface area contributed by atoms with E-state index in [0.29, 0.717) is 6.42 Å². The normalized spacial score (nSPS) is 13.3. The SMILES string of the molecule is CC(C)(CC(=O)C(C)(C)C)NC(=O)COC(C)(C)C. The summed E-state index contributed by atoms with van der Waals surface area (Å²) in [5, 5.41) is 2.85. The fraction of sp³-hybridized carbons (Fsp3) is 0.867. The van der Waals surface area contributed by atoms with Crippen LogP contribution < -0.4 is 5.32 Å². The van der Waals surface area contributed by atoms with E-state index in [0.717, 1.165) is 0 Å². The Bertz CT molecular complexity index is 332. The molecular weight excluding hydrogens is 242 g/mol. The lowest BCUT2D eigenvalue weighted by Gasteiger charge is -2.29. The van der Waals surface area contributed by atoms with Crippen LogP contribution in [-0.4, -0.2) is 29.4 Å². The molecule has 0 aliphatic carbocycles. The highest BCUT2D eigenvalue weighted by molar-refractivity contribution is 5.86. The molecule has 1 amide bonds. The average molecular weight is 271 g/mol. The van der Waals surface area contributed by atoms with Crippen molar-refractivity contribution in [3.8, 4) is 0 Å². The second kappa shape index (κ2) is 6.04. The van der Waals surface area contributed by atoms with Crippen LogP contribution in [0.3, 0.4) is 0 Å². The molecule has 4 nitrogen and oxygen atoms in total. The first-order valence-corrected chi connectivity index (χ1v) is 6.71. The highest BCUT2D eigenvalue weighted by Gasteiger charge is 2.30. The van der Waals surface area contributed by atoms with Crippen molar-refractivity contribution in [1.29, 1.82) is 0 Å². The predicted molar refractivity (Wildman–Crippen MR) is 77.0 cm³/mol. The molecule has 0 aromatic rings. The van der Waals surface area contributed by atoms with Crippen molar-refractivity contribution in [1.82, 2.24) is 5.32 Å². The van der Waals surface area contributed by atoms with Crippen molar-refractivity contribution in [3.63, 3.8) is 0 Å². The highest BCUT2D eigenvalue weighted by atomic mass is 16.5. The summed E-state index contributed by atoms with van der Waals surface area (Å²) in [7, 11) is 0. The van der Waals surface area contributed by atoms with Gasteiger partial charge in [-0.25, -0.2) is 0 Å². The molecule has 0 saturated heterocycles. The molecular formula is C15H29NO3. The molecule has 19 heavy (non-hydrogen) atoms. The Morgan fingerprint density at radius 3 is 1.79 bits per heavy atom. The molecule has 4 heteroatoms. The van der Waals surface area contributed by atoms with Gasteiger partial charge in [0.15, 0.2) is 0 Å². The van der Waals surface area contributed by atoms with Crippen LogP contribution in [0.4, 0.5) is 0 Å². The lowest BCUT2D eigenvalue weighted by atomic mass is 9.83. The number of carbonyl (C=O) groups is 2. The molecule has 0 saturated carbocycles. The zero-order chi connectivity index (χ0) is 15.5. The zero-order valence-electron chi connectivity index (χ0n) is 13.6. The standard InChI is InChI=1S/C15H29NO3/c1-13(2,3)11(17)9-15(7,8)16-12(18)10-19-14(4,5)6/h9-10H2,1-8H3,(H,16,18). The van der Waals surface area contributed by atoms with Crippen LogP contribution in [0.2, 0.25) is 0 Å². The van der Waals surface area contributed by atoms with Crippen molar-refractivity contribution in [2.75, 3.05) is 6.61 Å². The van der Waals surface area contributed by atoms with Gasteiger partial charge >= 0.3 is 0 Å². The minimum Gasteiger partial charge on any atom is -0.366 e. The van der Waals surface area contributed by atoms with Gasteiger partial charge in [0.2, 0.25) is 5.91 Å². The van der Waals surface area contributed by atoms with Crippen molar-refractivity contribution < 1.29 is 14.3 Å². The summed E-state index contributed by atoms with van der Waals surface area (Å²) in [5.74, 6) is -0.0591. The van der Waals surface area contributed by atoms with E-state index < -0.39 is 5.54 Å². The molecule has 0 atom stereocenters. The van der Waals surface area contributed by atoms with Crippen LogP contribution in [0.25, 0.3) is 0 Å². The summed E-state index contributed by atoms with van der Waals surface area (Å²) in [6.45, 7) is 15.1. The monoisotopic (exact) mass is 271 g/mol. The molecule has 0 aliphatic heterocycles. The first-order chi connectivity index (χ1) is 8.23. The fourth-order valence-electron chi connectivity index (χ4n) is 1.41. The van der Waals surface area contributed by atoms with Crippen molar-refractivity contribution in [3.05, 3.63) is 0 Å². The first-order valence-electron chi connectivity index (χ1n) is 6.71. The number of amides is 1. The van der Waals surface area contributed by atoms with Crippen LogP contribution in [0.5, 0.6) is 0 Å². The Morgan fingerprint density at radius 2 is 1.42 bits per heavy atom. The van der Waals surface area contributed by atoms with Crippen LogP contribution >= 0.6 is 0 Å². The molecule has 1 N–H and O–H groups in total. The third-order valence-corrected chi connectivity index (χ3v) is 2.55. The minimum absolute atomic E-state index is 0.0106. The number of ether oxygens (including phenoxy) is 1. The zero-order valence-corrected chi connectivity index (χ0v) is 13.6. The van der Waals surface area contributed by atoms with Crippen LogP contribution in [0.15, 0.2) is 0 Å². The van der Waals surface area contributed by atoms with E-state index in [9.17, 15) is 9.59 Å². The Hall–Kier alpha value is -0.900. The molecule has 0 bridgehead atoms. The second-order valence-corrected chi connectivity index (χ2v) is 7.68. The number of Topliss-reactive ketones (excluding diaryl/α,β-unsaturated/α-hetero) is 1. The molecule has 0 spiro atoms. The van der Waals surface area contributed by atoms with Crippen molar-refractivity contribution >= 4 is 11.7 Å². The molecule has 0 aromatic carbocycles. The van der Waals surface area contributed by atoms with Gasteiger partial charge in [0.05, 0.1) is 5.60 Å². The van der Waals surface area contributed by atoms with E-state index in [-0.39, 0.29) is 29.3 Å². The minimum atomic E-state index is -0.553. The van der Waals surface area contributed by atoms with Crippen LogP contribution in [-0.2, 0) is 14.3 Å². The van der Waals surface area contributed by atoms with Gasteiger partial charge in [-0.3, -0.25) is 9.59 Å². The maximum atomic E-state index is 12.0. The summed E-state index contributed by atoms with van der Waals surface area (Å²) < 4.78 is 5.41. The fourth-order valence-corrected chi connectivity index (χ4v) is 1.41. The quantitative estimate of drug-likeness (QED) is 0.836. The van der Waals surface area contributed by atoms with Gasteiger partial charge in [-0.05, 0) is 34.6 Å². The van der Waals surface area contributed by atoms with Crippen LogP contribution in [0.1, 0.15) is 61.8 Å². The van der Waals surface area contributed by atoms with E-state index in [1.54, 1.807) is 0 Å². The molecule has 112 valence electrons. The van der Waals surface area contributed by atoms with Gasteiger partial charge in [-0.15, -0.1) is 0 Å². The van der Waals surface area contributed by atoms with E-state index in [1.807, 2.05) is 55.4 Å². The van der Waals surface area contributed by atoms with Crippen molar-refractivity contribution in [2.45, 2.75) is 73.0 Å². The molecule has 0 rings (SSSR count). The second-order valence-electron chi connectivity index (χ2n) is 7.68. The Balaban J connectivity index is 4.37. The average Bonchev–Trinajstić information content (AvgIpc) is 2.10. The first kappa shape index (κ1) is 18.1. The number of rotatable bonds is 5. The van der Waals surface area contributed by atoms with E-state index in [1.165, 1.54) is 0 Å². The maximum absolute atomic E-state index is 12.0. The van der Waals surface area contributed by atoms with Gasteiger partial charge in [0, 0.05) is 17.4 Å². The lowest BCUT2D eigenvalue weighted by Crippen LogP contribution is -2.48. The van der Waals surface area contributed by atoms with Gasteiger partial charge in [-0.1, -0.05) is 20.8 Å². The number of hydrogen-bond acceptors (Lipinski definition) is 3. The Morgan fingerprint density at radius 1 is 0.947 bits per heavy atom. The maximum Gasteiger partial charge on any atom is 0.246 e. The summed E-state index contributed by atoms with van der Waals surface area (Å²) in [5.41, 5.74) is -1.28. The van der Waals surface area contributed by atoms with Gasteiger partial charge in [0.1, 0.15) is 12.4 Å². The number of nitrogens with one attached hydrogen (secondary N) is 1. The summed E-state index contributed by atoms with van der Waals surface area (Å²) in [6, 6.07) is 0. The number of ketones is 1. The largest absolute Gasteiger partial charge is 0.366 e. The topological polar surface area (TPSA) is 55.4 Å². The Labute approximate surface area is 117 Å². The van der Waals surface area contributed by atoms with Gasteiger partial charge in [0.25, 0.3) is 0 Å². The van der Waals surface area contributed by atoms with Gasteiger partial charge in [-0.2, -0.15) is 0 Å². The Kier molecular flexibility index (Phi) is 5.75. The summed E-state index contributed by atoms with van der Waals surface area (Å²) in [6.07, 6.45) is 0.317. The van der Waals surface area contributed by atoms with E-state index >= 15 is 0 Å². The van der Waals surface area contributed by atoms with Gasteiger partial charge < -0.3 is 10.1 Å². The third-order valence-electron chi connectivity index (χ3n) is 2.55. The molecule has 0 radical (unpaired) electrons. The molecule has 0 aromatic heterocycles. The summed E-state index contributed by atoms with van der Waals surface area (Å²) >= 11 is 0. The number of carbonyl (C=O) groups excluding carboxylic acids is 2. The molecule has 0 heterocycles. The van der Waals surface area contributed by atoms with E-state index in [4.69, 9.17) is 4.74 Å². The summed E-state index contributed by atoms with van der Waals surface area (Å²) in [4.78, 5) is 23.8. The third kappa shape index (κ3) is 8.76. The van der Waals surface area contributed by atoms with Crippen LogP contribution in [0, 0.1) is 5.41 Å². The molecule has 0 aliphatic rings. The predicted octanol–water partition coefficient (Wildman–Crippen LogP) is 2.70.